The monoisotopic (exact) mass is 507 g/mol. The number of H-pyrrole nitrogens is 1. The smallest absolute Gasteiger partial charge is 0.354 e. The summed E-state index contributed by atoms with van der Waals surface area (Å²) in [6.45, 7) is 2.33. The molecule has 34 heavy (non-hydrogen) atoms. The molecule has 0 atom stereocenters. The van der Waals surface area contributed by atoms with E-state index in [-0.39, 0.29) is 32.5 Å². The van der Waals surface area contributed by atoms with E-state index in [1.54, 1.807) is 0 Å². The zero-order chi connectivity index (χ0) is 25.0. The van der Waals surface area contributed by atoms with E-state index < -0.39 is 43.4 Å². The number of carbonyl (C=O) groups is 1. The normalized spacial score (nSPS) is 12.3. The van der Waals surface area contributed by atoms with Crippen molar-refractivity contribution in [1.29, 1.82) is 0 Å². The topological polar surface area (TPSA) is 122 Å². The van der Waals surface area contributed by atoms with Crippen molar-refractivity contribution in [1.82, 2.24) is 14.5 Å². The lowest BCUT2D eigenvalue weighted by Gasteiger charge is -2.26. The average Bonchev–Trinajstić information content (AvgIpc) is 3.08. The van der Waals surface area contributed by atoms with E-state index in [0.717, 1.165) is 48.7 Å². The van der Waals surface area contributed by atoms with Crippen molar-refractivity contribution in [2.24, 2.45) is 0 Å². The van der Waals surface area contributed by atoms with Gasteiger partial charge in [0.1, 0.15) is 16.4 Å². The van der Waals surface area contributed by atoms with Crippen LogP contribution < -0.4 is 5.69 Å². The average molecular weight is 508 g/mol. The van der Waals surface area contributed by atoms with Crippen molar-refractivity contribution >= 4 is 38.6 Å². The summed E-state index contributed by atoms with van der Waals surface area (Å²) < 4.78 is 54.8. The summed E-state index contributed by atoms with van der Waals surface area (Å²) in [5.41, 5.74) is -1.76. The Morgan fingerprint density at radius 2 is 1.76 bits per heavy atom. The van der Waals surface area contributed by atoms with E-state index in [1.165, 1.54) is 18.2 Å². The molecule has 0 aliphatic rings. The first-order valence-electron chi connectivity index (χ1n) is 9.70. The summed E-state index contributed by atoms with van der Waals surface area (Å²) in [6.07, 6.45) is 0. The SMILES string of the molecule is CC(C)(c1c(F)cccc1F)S(=O)(=O)c1ccc(Cl)c(-n2c(=O)[nH]c3ccc(C(=O)O)nc32)c1. The van der Waals surface area contributed by atoms with Gasteiger partial charge >= 0.3 is 11.7 Å². The molecule has 176 valence electrons. The Labute approximate surface area is 196 Å². The van der Waals surface area contributed by atoms with Gasteiger partial charge in [-0.05, 0) is 56.3 Å². The summed E-state index contributed by atoms with van der Waals surface area (Å²) in [5.74, 6) is -3.39. The minimum Gasteiger partial charge on any atom is -0.477 e. The van der Waals surface area contributed by atoms with Crippen LogP contribution in [0.25, 0.3) is 16.9 Å². The number of halogens is 3. The fourth-order valence-electron chi connectivity index (χ4n) is 3.66. The van der Waals surface area contributed by atoms with Crippen molar-refractivity contribution < 1.29 is 27.1 Å². The van der Waals surface area contributed by atoms with Gasteiger partial charge in [0.2, 0.25) is 0 Å². The third-order valence-electron chi connectivity index (χ3n) is 5.46. The van der Waals surface area contributed by atoms with Gasteiger partial charge in [0.05, 0.1) is 21.1 Å². The highest BCUT2D eigenvalue weighted by Crippen LogP contribution is 2.39. The van der Waals surface area contributed by atoms with Crippen molar-refractivity contribution in [3.05, 3.63) is 86.9 Å². The molecule has 0 spiro atoms. The van der Waals surface area contributed by atoms with Crippen LogP contribution in [-0.4, -0.2) is 34.0 Å². The highest BCUT2D eigenvalue weighted by Gasteiger charge is 2.42. The van der Waals surface area contributed by atoms with E-state index in [4.69, 9.17) is 11.6 Å². The Morgan fingerprint density at radius 3 is 2.38 bits per heavy atom. The number of hydrogen-bond donors (Lipinski definition) is 2. The maximum Gasteiger partial charge on any atom is 0.354 e. The number of hydrogen-bond acceptors (Lipinski definition) is 5. The van der Waals surface area contributed by atoms with Gasteiger partial charge < -0.3 is 10.1 Å². The largest absolute Gasteiger partial charge is 0.477 e. The molecule has 4 rings (SSSR count). The molecule has 0 aliphatic carbocycles. The van der Waals surface area contributed by atoms with Crippen LogP contribution in [0.4, 0.5) is 8.78 Å². The second kappa shape index (κ2) is 8.03. The number of rotatable bonds is 5. The number of carboxylic acid groups (broad SMARTS) is 1. The molecule has 0 radical (unpaired) electrons. The maximum absolute atomic E-state index is 14.5. The molecule has 0 saturated carbocycles. The Hall–Kier alpha value is -3.57. The summed E-state index contributed by atoms with van der Waals surface area (Å²) >= 11 is 6.26. The standard InChI is InChI=1S/C22H16ClF2N3O5S/c1-22(2,18-13(24)4-3-5-14(18)25)34(32,33)11-6-7-12(23)17(10-11)28-19-15(27-21(28)31)8-9-16(26-19)20(29)30/h3-10H,1-2H3,(H,27,31)(H,29,30). The van der Waals surface area contributed by atoms with Gasteiger partial charge in [0.25, 0.3) is 0 Å². The van der Waals surface area contributed by atoms with Gasteiger partial charge in [-0.25, -0.2) is 36.3 Å². The highest BCUT2D eigenvalue weighted by atomic mass is 35.5. The third kappa shape index (κ3) is 3.57. The Kier molecular flexibility index (Phi) is 5.57. The number of pyridine rings is 1. The van der Waals surface area contributed by atoms with Gasteiger partial charge in [0.15, 0.2) is 21.2 Å². The predicted molar refractivity (Wildman–Crippen MR) is 120 cm³/mol. The lowest BCUT2D eigenvalue weighted by atomic mass is 10.0. The minimum atomic E-state index is -4.43. The van der Waals surface area contributed by atoms with Crippen molar-refractivity contribution in [2.45, 2.75) is 23.5 Å². The van der Waals surface area contributed by atoms with Crippen LogP contribution in [0.1, 0.15) is 29.9 Å². The second-order valence-corrected chi connectivity index (χ2v) is 10.8. The molecular weight excluding hydrogens is 492 g/mol. The quantitative estimate of drug-likeness (QED) is 0.420. The Balaban J connectivity index is 1.95. The fourth-order valence-corrected chi connectivity index (χ4v) is 5.43. The summed E-state index contributed by atoms with van der Waals surface area (Å²) in [4.78, 5) is 30.1. The number of fused-ring (bicyclic) bond motifs is 1. The number of benzene rings is 2. The van der Waals surface area contributed by atoms with Crippen molar-refractivity contribution in [2.75, 3.05) is 0 Å². The van der Waals surface area contributed by atoms with Gasteiger partial charge in [0, 0.05) is 5.56 Å². The Morgan fingerprint density at radius 1 is 1.12 bits per heavy atom. The molecule has 2 aromatic heterocycles. The molecule has 0 aliphatic heterocycles. The van der Waals surface area contributed by atoms with E-state index in [9.17, 15) is 31.9 Å². The molecule has 0 bridgehead atoms. The van der Waals surface area contributed by atoms with Crippen LogP contribution in [0.5, 0.6) is 0 Å². The lowest BCUT2D eigenvalue weighted by molar-refractivity contribution is 0.0691. The number of nitrogens with one attached hydrogen (secondary N) is 1. The fraction of sp³-hybridized carbons (Fsp3) is 0.136. The molecule has 8 nitrogen and oxygen atoms in total. The van der Waals surface area contributed by atoms with Crippen molar-refractivity contribution in [3.8, 4) is 5.69 Å². The number of aromatic nitrogens is 3. The molecule has 2 N–H and O–H groups in total. The van der Waals surface area contributed by atoms with Crippen LogP contribution in [0.2, 0.25) is 5.02 Å². The van der Waals surface area contributed by atoms with E-state index >= 15 is 0 Å². The number of imidazole rings is 1. The number of carboxylic acids is 1. The minimum absolute atomic E-state index is 0.0423. The molecule has 0 unspecified atom stereocenters. The molecule has 0 amide bonds. The third-order valence-corrected chi connectivity index (χ3v) is 8.20. The second-order valence-electron chi connectivity index (χ2n) is 7.86. The van der Waals surface area contributed by atoms with Crippen LogP contribution in [-0.2, 0) is 14.6 Å². The summed E-state index contributed by atoms with van der Waals surface area (Å²) in [6, 6.07) is 9.00. The van der Waals surface area contributed by atoms with Gasteiger partial charge in [-0.15, -0.1) is 0 Å². The maximum atomic E-state index is 14.5. The number of aromatic amines is 1. The molecule has 0 fully saturated rings. The Bertz CT molecular complexity index is 1620. The number of aromatic carboxylic acids is 1. The summed E-state index contributed by atoms with van der Waals surface area (Å²) in [5, 5.41) is 9.19. The molecular formula is C22H16ClF2N3O5S. The number of sulfone groups is 1. The van der Waals surface area contributed by atoms with Gasteiger partial charge in [-0.3, -0.25) is 0 Å². The first-order chi connectivity index (χ1) is 15.9. The van der Waals surface area contributed by atoms with Gasteiger partial charge in [-0.2, -0.15) is 0 Å². The first kappa shape index (κ1) is 23.6. The van der Waals surface area contributed by atoms with Crippen LogP contribution in [0.15, 0.2) is 58.2 Å². The molecule has 2 heterocycles. The van der Waals surface area contributed by atoms with E-state index in [0.29, 0.717) is 0 Å². The molecule has 4 aromatic rings. The molecule has 0 saturated heterocycles. The first-order valence-corrected chi connectivity index (χ1v) is 11.6. The lowest BCUT2D eigenvalue weighted by Crippen LogP contribution is -2.32. The molecule has 12 heteroatoms. The van der Waals surface area contributed by atoms with E-state index in [1.807, 2.05) is 0 Å². The highest BCUT2D eigenvalue weighted by molar-refractivity contribution is 7.92. The summed E-state index contributed by atoms with van der Waals surface area (Å²) in [7, 11) is -4.43. The van der Waals surface area contributed by atoms with Crippen molar-refractivity contribution in [3.63, 3.8) is 0 Å². The van der Waals surface area contributed by atoms with Gasteiger partial charge in [-0.1, -0.05) is 17.7 Å². The zero-order valence-corrected chi connectivity index (χ0v) is 19.2. The van der Waals surface area contributed by atoms with Crippen LogP contribution in [0, 0.1) is 11.6 Å². The van der Waals surface area contributed by atoms with E-state index in [2.05, 4.69) is 9.97 Å². The zero-order valence-electron chi connectivity index (χ0n) is 17.6. The predicted octanol–water partition coefficient (Wildman–Crippen LogP) is 4.05. The van der Waals surface area contributed by atoms with Crippen LogP contribution >= 0.6 is 11.6 Å². The molecule has 2 aromatic carbocycles. The van der Waals surface area contributed by atoms with Crippen LogP contribution in [0.3, 0.4) is 0 Å². The number of nitrogens with zero attached hydrogens (tertiary/aromatic N) is 2.